The molecule has 3 aromatic heterocycles. The Bertz CT molecular complexity index is 1330. The summed E-state index contributed by atoms with van der Waals surface area (Å²) < 4.78 is 67.2. The van der Waals surface area contributed by atoms with E-state index in [1.165, 1.54) is 12.3 Å². The number of rotatable bonds is 3. The van der Waals surface area contributed by atoms with Crippen LogP contribution in [0.25, 0.3) is 32.9 Å². The number of aromatic nitrogens is 4. The second-order valence-corrected chi connectivity index (χ2v) is 8.21. The third kappa shape index (κ3) is 3.86. The first-order chi connectivity index (χ1) is 15.6. The summed E-state index contributed by atoms with van der Waals surface area (Å²) in [5.74, 6) is -2.83. The molecule has 1 aliphatic rings. The van der Waals surface area contributed by atoms with Gasteiger partial charge >= 0.3 is 6.18 Å². The SMILES string of the molecule is NC1C(Nc2ncc3cncc(-c4c[nH]c5cc(C(F)(F)F)ccc45)c3n2)CCCC1(F)F. The Morgan fingerprint density at radius 3 is 2.73 bits per heavy atom. The molecule has 1 aliphatic carbocycles. The monoisotopic (exact) mass is 462 g/mol. The lowest BCUT2D eigenvalue weighted by molar-refractivity contribution is -0.137. The van der Waals surface area contributed by atoms with Crippen molar-refractivity contribution in [3.8, 4) is 11.1 Å². The molecule has 0 spiro atoms. The molecule has 2 unspecified atom stereocenters. The number of fused-ring (bicyclic) bond motifs is 2. The number of H-pyrrole nitrogens is 1. The molecule has 0 radical (unpaired) electrons. The standard InChI is InChI=1S/C22H19F5N6/c23-21(24)5-1-2-16(19(21)28)32-20-31-8-11-7-29-9-15(18(11)33-20)14-10-30-17-6-12(22(25,26)27)3-4-13(14)17/h3-4,6-10,16,19,30H,1-2,5,28H2,(H,31,32,33). The lowest BCUT2D eigenvalue weighted by Crippen LogP contribution is -2.55. The predicted molar refractivity (Wildman–Crippen MR) is 114 cm³/mol. The maximum absolute atomic E-state index is 14.0. The van der Waals surface area contributed by atoms with Crippen molar-refractivity contribution in [1.29, 1.82) is 0 Å². The lowest BCUT2D eigenvalue weighted by Gasteiger charge is -2.35. The van der Waals surface area contributed by atoms with Crippen LogP contribution in [0.4, 0.5) is 27.9 Å². The number of alkyl halides is 5. The summed E-state index contributed by atoms with van der Waals surface area (Å²) in [5, 5.41) is 4.10. The van der Waals surface area contributed by atoms with Crippen molar-refractivity contribution >= 4 is 27.8 Å². The molecular weight excluding hydrogens is 443 g/mol. The summed E-state index contributed by atoms with van der Waals surface area (Å²) >= 11 is 0. The molecular formula is C22H19F5N6. The van der Waals surface area contributed by atoms with E-state index in [1.807, 2.05) is 0 Å². The van der Waals surface area contributed by atoms with Gasteiger partial charge in [-0.1, -0.05) is 6.07 Å². The van der Waals surface area contributed by atoms with Gasteiger partial charge in [-0.25, -0.2) is 18.7 Å². The molecule has 2 atom stereocenters. The Morgan fingerprint density at radius 1 is 1.12 bits per heavy atom. The largest absolute Gasteiger partial charge is 0.416 e. The van der Waals surface area contributed by atoms with Gasteiger partial charge in [0.15, 0.2) is 0 Å². The number of benzene rings is 1. The van der Waals surface area contributed by atoms with Gasteiger partial charge in [-0.2, -0.15) is 13.2 Å². The van der Waals surface area contributed by atoms with E-state index in [4.69, 9.17) is 5.73 Å². The van der Waals surface area contributed by atoms with Crippen LogP contribution in [0.15, 0.2) is 43.0 Å². The van der Waals surface area contributed by atoms with E-state index in [-0.39, 0.29) is 12.4 Å². The Hall–Kier alpha value is -3.34. The molecule has 0 amide bonds. The Morgan fingerprint density at radius 2 is 1.94 bits per heavy atom. The zero-order valence-electron chi connectivity index (χ0n) is 17.1. The Labute approximate surface area is 184 Å². The number of nitrogens with two attached hydrogens (primary N) is 1. The first kappa shape index (κ1) is 21.5. The number of hydrogen-bond donors (Lipinski definition) is 3. The van der Waals surface area contributed by atoms with Crippen molar-refractivity contribution in [2.24, 2.45) is 5.73 Å². The summed E-state index contributed by atoms with van der Waals surface area (Å²) in [6.07, 6.45) is 2.31. The average molecular weight is 462 g/mol. The lowest BCUT2D eigenvalue weighted by atomic mass is 9.87. The van der Waals surface area contributed by atoms with E-state index in [0.29, 0.717) is 45.8 Å². The Kier molecular flexibility index (Phi) is 4.96. The van der Waals surface area contributed by atoms with Crippen molar-refractivity contribution < 1.29 is 22.0 Å². The fourth-order valence-electron chi connectivity index (χ4n) is 4.27. The second kappa shape index (κ2) is 7.62. The van der Waals surface area contributed by atoms with E-state index in [9.17, 15) is 22.0 Å². The van der Waals surface area contributed by atoms with Crippen molar-refractivity contribution in [2.45, 2.75) is 43.4 Å². The van der Waals surface area contributed by atoms with Gasteiger partial charge in [0.25, 0.3) is 5.92 Å². The molecule has 0 aliphatic heterocycles. The number of hydrogen-bond acceptors (Lipinski definition) is 5. The number of pyridine rings is 1. The summed E-state index contributed by atoms with van der Waals surface area (Å²) in [4.78, 5) is 15.8. The molecule has 1 fully saturated rings. The van der Waals surface area contributed by atoms with Gasteiger partial charge in [0.2, 0.25) is 5.95 Å². The van der Waals surface area contributed by atoms with Gasteiger partial charge in [-0.05, 0) is 25.0 Å². The number of nitrogens with zero attached hydrogens (tertiary/aromatic N) is 3. The van der Waals surface area contributed by atoms with Crippen LogP contribution in [-0.2, 0) is 6.18 Å². The smallest absolute Gasteiger partial charge is 0.361 e. The molecule has 1 aromatic carbocycles. The second-order valence-electron chi connectivity index (χ2n) is 8.21. The fourth-order valence-corrected chi connectivity index (χ4v) is 4.27. The van der Waals surface area contributed by atoms with Gasteiger partial charge in [0.1, 0.15) is 0 Å². The van der Waals surface area contributed by atoms with Crippen LogP contribution in [0, 0.1) is 0 Å². The zero-order chi connectivity index (χ0) is 23.4. The van der Waals surface area contributed by atoms with Crippen LogP contribution in [0.2, 0.25) is 0 Å². The van der Waals surface area contributed by atoms with Gasteiger partial charge in [-0.3, -0.25) is 4.98 Å². The molecule has 0 saturated heterocycles. The molecule has 3 heterocycles. The third-order valence-corrected chi connectivity index (χ3v) is 6.05. The van der Waals surface area contributed by atoms with Crippen LogP contribution < -0.4 is 11.1 Å². The van der Waals surface area contributed by atoms with Crippen LogP contribution in [0.3, 0.4) is 0 Å². The summed E-state index contributed by atoms with van der Waals surface area (Å²) in [6.45, 7) is 0. The van der Waals surface area contributed by atoms with Gasteiger partial charge in [0, 0.05) is 58.6 Å². The molecule has 5 rings (SSSR count). The minimum Gasteiger partial charge on any atom is -0.361 e. The van der Waals surface area contributed by atoms with Gasteiger partial charge in [0.05, 0.1) is 23.2 Å². The highest BCUT2D eigenvalue weighted by atomic mass is 19.4. The van der Waals surface area contributed by atoms with E-state index < -0.39 is 29.7 Å². The summed E-state index contributed by atoms with van der Waals surface area (Å²) in [6, 6.07) is 1.41. The summed E-state index contributed by atoms with van der Waals surface area (Å²) in [7, 11) is 0. The van der Waals surface area contributed by atoms with Crippen molar-refractivity contribution in [3.05, 3.63) is 48.5 Å². The maximum atomic E-state index is 14.0. The number of halogens is 5. The molecule has 0 bridgehead atoms. The predicted octanol–water partition coefficient (Wildman–Crippen LogP) is 5.12. The highest BCUT2D eigenvalue weighted by Crippen LogP contribution is 2.37. The minimum absolute atomic E-state index is 0.146. The first-order valence-corrected chi connectivity index (χ1v) is 10.3. The third-order valence-electron chi connectivity index (χ3n) is 6.05. The topological polar surface area (TPSA) is 92.5 Å². The van der Waals surface area contributed by atoms with Crippen LogP contribution in [0.1, 0.15) is 24.8 Å². The molecule has 4 aromatic rings. The quantitative estimate of drug-likeness (QED) is 0.368. The van der Waals surface area contributed by atoms with E-state index in [0.717, 1.165) is 12.1 Å². The van der Waals surface area contributed by atoms with E-state index >= 15 is 0 Å². The minimum atomic E-state index is -4.45. The number of nitrogens with one attached hydrogen (secondary N) is 2. The Balaban J connectivity index is 1.55. The maximum Gasteiger partial charge on any atom is 0.416 e. The zero-order valence-corrected chi connectivity index (χ0v) is 17.1. The molecule has 4 N–H and O–H groups in total. The molecule has 33 heavy (non-hydrogen) atoms. The molecule has 6 nitrogen and oxygen atoms in total. The van der Waals surface area contributed by atoms with E-state index in [1.54, 1.807) is 18.6 Å². The number of anilines is 1. The normalized spacial score (nSPS) is 20.9. The molecule has 172 valence electrons. The van der Waals surface area contributed by atoms with Crippen LogP contribution >= 0.6 is 0 Å². The van der Waals surface area contributed by atoms with Crippen LogP contribution in [-0.4, -0.2) is 37.9 Å². The first-order valence-electron chi connectivity index (χ1n) is 10.3. The highest BCUT2D eigenvalue weighted by molar-refractivity contribution is 6.03. The molecule has 1 saturated carbocycles. The fraction of sp³-hybridized carbons (Fsp3) is 0.318. The number of aromatic amines is 1. The van der Waals surface area contributed by atoms with E-state index in [2.05, 4.69) is 25.3 Å². The molecule has 11 heteroatoms. The average Bonchev–Trinajstić information content (AvgIpc) is 3.19. The van der Waals surface area contributed by atoms with Crippen molar-refractivity contribution in [2.75, 3.05) is 5.32 Å². The van der Waals surface area contributed by atoms with Gasteiger partial charge in [-0.15, -0.1) is 0 Å². The van der Waals surface area contributed by atoms with Gasteiger partial charge < -0.3 is 16.0 Å². The van der Waals surface area contributed by atoms with Crippen molar-refractivity contribution in [1.82, 2.24) is 19.9 Å². The highest BCUT2D eigenvalue weighted by Gasteiger charge is 2.44. The summed E-state index contributed by atoms with van der Waals surface area (Å²) in [5.41, 5.74) is 7.00. The van der Waals surface area contributed by atoms with Crippen LogP contribution in [0.5, 0.6) is 0 Å². The van der Waals surface area contributed by atoms with Crippen molar-refractivity contribution in [3.63, 3.8) is 0 Å².